The summed E-state index contributed by atoms with van der Waals surface area (Å²) in [5, 5.41) is 15.4. The average Bonchev–Trinajstić information content (AvgIpc) is 4.04. The van der Waals surface area contributed by atoms with Crippen molar-refractivity contribution in [2.24, 2.45) is 11.8 Å². The molecule has 310 valence electrons. The first-order valence-corrected chi connectivity index (χ1v) is 20.0. The quantitative estimate of drug-likeness (QED) is 0.0595. The van der Waals surface area contributed by atoms with Gasteiger partial charge in [-0.25, -0.2) is 9.59 Å². The zero-order valence-electron chi connectivity index (χ0n) is 32.5. The van der Waals surface area contributed by atoms with E-state index in [9.17, 15) is 23.6 Å². The van der Waals surface area contributed by atoms with Crippen molar-refractivity contribution >= 4 is 35.1 Å². The van der Waals surface area contributed by atoms with Crippen LogP contribution in [0.2, 0.25) is 10.0 Å². The maximum absolute atomic E-state index is 14.0. The van der Waals surface area contributed by atoms with Crippen molar-refractivity contribution in [3.63, 3.8) is 0 Å². The van der Waals surface area contributed by atoms with Gasteiger partial charge in [0.15, 0.2) is 23.9 Å². The van der Waals surface area contributed by atoms with E-state index in [4.69, 9.17) is 46.9 Å². The van der Waals surface area contributed by atoms with Crippen LogP contribution in [0, 0.1) is 17.0 Å². The summed E-state index contributed by atoms with van der Waals surface area (Å²) in [7, 11) is 1.54. The number of ether oxygens (including phenoxy) is 5. The van der Waals surface area contributed by atoms with Crippen LogP contribution in [0.1, 0.15) is 77.9 Å². The lowest BCUT2D eigenvalue weighted by Crippen LogP contribution is -2.46. The van der Waals surface area contributed by atoms with Gasteiger partial charge in [0.25, 0.3) is 0 Å². The van der Waals surface area contributed by atoms with E-state index in [0.717, 1.165) is 44.7 Å². The Morgan fingerprint density at radius 1 is 0.983 bits per heavy atom. The van der Waals surface area contributed by atoms with Crippen LogP contribution in [0.4, 0.5) is 8.78 Å². The van der Waals surface area contributed by atoms with Crippen LogP contribution < -0.4 is 24.3 Å². The number of likely N-dealkylation sites (N-methyl/N-ethyl adjacent to an activating group) is 1. The van der Waals surface area contributed by atoms with Gasteiger partial charge in [-0.15, -0.1) is 0 Å². The van der Waals surface area contributed by atoms with Gasteiger partial charge in [0.1, 0.15) is 34.0 Å². The van der Waals surface area contributed by atoms with Crippen LogP contribution in [-0.4, -0.2) is 62.9 Å². The summed E-state index contributed by atoms with van der Waals surface area (Å²) in [6, 6.07) is 17.4. The number of rotatable bonds is 18. The van der Waals surface area contributed by atoms with E-state index in [-0.39, 0.29) is 52.1 Å². The molecule has 1 aliphatic heterocycles. The molecule has 4 atom stereocenters. The summed E-state index contributed by atoms with van der Waals surface area (Å²) in [6.45, 7) is 4.03. The first-order valence-electron chi connectivity index (χ1n) is 19.3. The average molecular weight is 843 g/mol. The van der Waals surface area contributed by atoms with Crippen molar-refractivity contribution in [2.45, 2.75) is 70.9 Å². The molecule has 1 aliphatic carbocycles. The number of halogens is 4. The topological polar surface area (TPSA) is 123 Å². The highest BCUT2D eigenvalue weighted by atomic mass is 35.5. The lowest BCUT2D eigenvalue weighted by molar-refractivity contribution is -0.605. The van der Waals surface area contributed by atoms with Gasteiger partial charge in [-0.2, -0.15) is 13.5 Å². The van der Waals surface area contributed by atoms with E-state index >= 15 is 0 Å². The number of aromatic nitrogens is 1. The summed E-state index contributed by atoms with van der Waals surface area (Å²) in [4.78, 5) is 30.2. The second kappa shape index (κ2) is 19.8. The van der Waals surface area contributed by atoms with Crippen molar-refractivity contribution in [1.29, 1.82) is 0 Å². The highest BCUT2D eigenvalue weighted by molar-refractivity contribution is 6.35. The number of benzene rings is 3. The van der Waals surface area contributed by atoms with E-state index in [1.54, 1.807) is 37.4 Å². The standard InChI is InChI=1S/C43H47Cl2F2N3O8/c1-4-49-17-16-26(2)39(24-49)57-42(52)40(31-10-5-6-11-35(31)54-3)48-21-28-8-7-9-30(18-28)41(51)56-37(20-32-33(44)22-50(53)23-34(32)45)29-14-15-36(58-43(46)47)38(19-29)55-25-27-12-13-27/h5-11,14-15,18-19,22-23,26-27,37,39-40,43,48H,4,12-13,16-17,20-21,24-25H2,1-3H3/t26?,37-,39-,40?/m0/s1. The summed E-state index contributed by atoms with van der Waals surface area (Å²) in [5.74, 6) is -0.240. The molecule has 0 spiro atoms. The lowest BCUT2D eigenvalue weighted by Gasteiger charge is -2.36. The highest BCUT2D eigenvalue weighted by Crippen LogP contribution is 2.38. The Morgan fingerprint density at radius 3 is 2.45 bits per heavy atom. The molecule has 1 aromatic heterocycles. The van der Waals surface area contributed by atoms with Crippen LogP contribution in [0.5, 0.6) is 17.2 Å². The monoisotopic (exact) mass is 841 g/mol. The number of piperidine rings is 1. The van der Waals surface area contributed by atoms with Gasteiger partial charge in [-0.05, 0) is 85.6 Å². The van der Waals surface area contributed by atoms with Crippen LogP contribution in [0.15, 0.2) is 79.1 Å². The first kappa shape index (κ1) is 42.9. The fraction of sp³-hybridized carbons (Fsp3) is 0.419. The van der Waals surface area contributed by atoms with Gasteiger partial charge in [-0.3, -0.25) is 10.2 Å². The second-order valence-corrected chi connectivity index (χ2v) is 15.4. The Hall–Kier alpha value is -4.69. The Balaban J connectivity index is 1.24. The van der Waals surface area contributed by atoms with Crippen molar-refractivity contribution in [3.05, 3.63) is 122 Å². The first-order chi connectivity index (χ1) is 27.9. The molecule has 11 nitrogen and oxygen atoms in total. The summed E-state index contributed by atoms with van der Waals surface area (Å²) < 4.78 is 55.6. The minimum absolute atomic E-state index is 0.0447. The molecular formula is C43H47Cl2F2N3O8. The van der Waals surface area contributed by atoms with E-state index in [1.165, 1.54) is 18.2 Å². The Bertz CT molecular complexity index is 2030. The number of hydrogen-bond donors (Lipinski definition) is 1. The molecule has 6 rings (SSSR count). The molecular weight excluding hydrogens is 795 g/mol. The zero-order chi connectivity index (χ0) is 41.3. The van der Waals surface area contributed by atoms with Gasteiger partial charge >= 0.3 is 18.6 Å². The van der Waals surface area contributed by atoms with Gasteiger partial charge in [0.05, 0.1) is 19.3 Å². The number of nitrogens with zero attached hydrogens (tertiary/aromatic N) is 2. The number of methoxy groups -OCH3 is 1. The summed E-state index contributed by atoms with van der Waals surface area (Å²) in [6.07, 6.45) is 3.70. The zero-order valence-corrected chi connectivity index (χ0v) is 34.0. The number of nitrogens with one attached hydrogen (secondary N) is 1. The molecule has 0 radical (unpaired) electrons. The van der Waals surface area contributed by atoms with E-state index in [1.807, 2.05) is 18.2 Å². The molecule has 1 saturated carbocycles. The van der Waals surface area contributed by atoms with Crippen LogP contribution in [0.3, 0.4) is 0 Å². The number of esters is 2. The second-order valence-electron chi connectivity index (χ2n) is 14.6. The van der Waals surface area contributed by atoms with Crippen molar-refractivity contribution in [1.82, 2.24) is 10.2 Å². The lowest BCUT2D eigenvalue weighted by atomic mass is 9.95. The molecule has 0 amide bonds. The predicted molar refractivity (Wildman–Crippen MR) is 213 cm³/mol. The van der Waals surface area contributed by atoms with Gasteiger partial charge < -0.3 is 28.9 Å². The summed E-state index contributed by atoms with van der Waals surface area (Å²) >= 11 is 12.9. The number of carbonyl (C=O) groups excluding carboxylic acids is 2. The molecule has 1 saturated heterocycles. The van der Waals surface area contributed by atoms with Crippen molar-refractivity contribution in [3.8, 4) is 17.2 Å². The molecule has 2 fully saturated rings. The maximum Gasteiger partial charge on any atom is 0.387 e. The SMILES string of the molecule is CCN1CCC(C)[C@@H](OC(=O)C(NCc2cccc(C(=O)O[C@@H](Cc3c(Cl)c[n+]([O-])cc3Cl)c3ccc(OC(F)F)c(OCC4CC4)c3)c2)c2ccccc2OC)C1. The van der Waals surface area contributed by atoms with Crippen molar-refractivity contribution < 1.29 is 46.8 Å². The number of hydrogen-bond acceptors (Lipinski definition) is 10. The van der Waals surface area contributed by atoms with E-state index in [0.29, 0.717) is 51.8 Å². The molecule has 4 aromatic rings. The maximum atomic E-state index is 14.0. The fourth-order valence-electron chi connectivity index (χ4n) is 6.87. The molecule has 58 heavy (non-hydrogen) atoms. The third kappa shape index (κ3) is 11.3. The number of likely N-dealkylation sites (tertiary alicyclic amines) is 1. The predicted octanol–water partition coefficient (Wildman–Crippen LogP) is 8.27. The minimum atomic E-state index is -3.09. The molecule has 2 heterocycles. The van der Waals surface area contributed by atoms with E-state index in [2.05, 4.69) is 24.1 Å². The number of pyridine rings is 1. The summed E-state index contributed by atoms with van der Waals surface area (Å²) in [5.41, 5.74) is 2.19. The van der Waals surface area contributed by atoms with Crippen LogP contribution >= 0.6 is 23.2 Å². The fourth-order valence-corrected chi connectivity index (χ4v) is 7.47. The number of alkyl halides is 2. The van der Waals surface area contributed by atoms with Gasteiger partial charge in [-0.1, -0.05) is 73.4 Å². The number of carbonyl (C=O) groups is 2. The minimum Gasteiger partial charge on any atom is -0.619 e. The van der Waals surface area contributed by atoms with Gasteiger partial charge in [0.2, 0.25) is 0 Å². The largest absolute Gasteiger partial charge is 0.619 e. The molecule has 15 heteroatoms. The third-order valence-electron chi connectivity index (χ3n) is 10.5. The van der Waals surface area contributed by atoms with Crippen LogP contribution in [0.25, 0.3) is 0 Å². The van der Waals surface area contributed by atoms with Gasteiger partial charge in [0, 0.05) is 30.6 Å². The molecule has 2 aliphatic rings. The van der Waals surface area contributed by atoms with Crippen molar-refractivity contribution in [2.75, 3.05) is 33.4 Å². The Morgan fingerprint density at radius 2 is 1.74 bits per heavy atom. The molecule has 2 unspecified atom stereocenters. The smallest absolute Gasteiger partial charge is 0.387 e. The van der Waals surface area contributed by atoms with Crippen LogP contribution in [-0.2, 0) is 27.2 Å². The molecule has 3 aromatic carbocycles. The van der Waals surface area contributed by atoms with E-state index < -0.39 is 30.7 Å². The Kier molecular flexibility index (Phi) is 14.7. The third-order valence-corrected chi connectivity index (χ3v) is 11.1. The normalized spacial score (nSPS) is 18.0. The molecule has 1 N–H and O–H groups in total. The Labute approximate surface area is 346 Å². The number of para-hydroxylation sites is 1. The molecule has 0 bridgehead atoms. The highest BCUT2D eigenvalue weighted by Gasteiger charge is 2.33.